The number of nitrogens with one attached hydrogen (secondary N) is 1. The summed E-state index contributed by atoms with van der Waals surface area (Å²) < 4.78 is 2.16. The van der Waals surface area contributed by atoms with Crippen LogP contribution in [0.4, 0.5) is 10.5 Å². The maximum absolute atomic E-state index is 13.9. The van der Waals surface area contributed by atoms with Crippen LogP contribution in [0, 0.1) is 6.92 Å². The number of rotatable bonds is 5. The number of carbonyl (C=O) groups is 2. The van der Waals surface area contributed by atoms with Crippen molar-refractivity contribution in [2.45, 2.75) is 38.8 Å². The summed E-state index contributed by atoms with van der Waals surface area (Å²) in [6, 6.07) is 20.1. The number of carbonyl (C=O) groups excluding carboxylic acids is 2. The van der Waals surface area contributed by atoms with Crippen LogP contribution < -0.4 is 10.2 Å². The van der Waals surface area contributed by atoms with Crippen LogP contribution in [0.2, 0.25) is 0 Å². The molecule has 5 rings (SSSR count). The van der Waals surface area contributed by atoms with Gasteiger partial charge in [-0.25, -0.2) is 4.79 Å². The van der Waals surface area contributed by atoms with Gasteiger partial charge in [-0.2, -0.15) is 0 Å². The molecule has 0 spiro atoms. The van der Waals surface area contributed by atoms with Crippen LogP contribution in [0.15, 0.2) is 66.9 Å². The normalized spacial score (nSPS) is 16.8. The fourth-order valence-electron chi connectivity index (χ4n) is 4.55. The summed E-state index contributed by atoms with van der Waals surface area (Å²) in [7, 11) is 0. The highest BCUT2D eigenvalue weighted by atomic mass is 16.2. The van der Waals surface area contributed by atoms with E-state index in [-0.39, 0.29) is 30.6 Å². The molecule has 2 aliphatic rings. The van der Waals surface area contributed by atoms with Gasteiger partial charge in [-0.15, -0.1) is 0 Å². The van der Waals surface area contributed by atoms with Crippen molar-refractivity contribution in [1.29, 1.82) is 0 Å². The van der Waals surface area contributed by atoms with Gasteiger partial charge in [0.15, 0.2) is 0 Å². The molecule has 1 aliphatic carbocycles. The first-order valence-corrected chi connectivity index (χ1v) is 11.3. The zero-order chi connectivity index (χ0) is 22.2. The van der Waals surface area contributed by atoms with Crippen molar-refractivity contribution >= 4 is 17.6 Å². The maximum Gasteiger partial charge on any atom is 0.318 e. The predicted octanol–water partition coefficient (Wildman–Crippen LogP) is 4.42. The SMILES string of the molecule is CCNC(=O)N(CC(=O)N1c2ccccc2-n2cccc2C1c1ccc(C)cc1)C1CC1. The van der Waals surface area contributed by atoms with Crippen LogP contribution in [0.25, 0.3) is 5.69 Å². The van der Waals surface area contributed by atoms with E-state index in [1.54, 1.807) is 4.90 Å². The minimum atomic E-state index is -0.261. The Kier molecular flexibility index (Phi) is 5.21. The highest BCUT2D eigenvalue weighted by molar-refractivity contribution is 6.00. The van der Waals surface area contributed by atoms with Gasteiger partial charge >= 0.3 is 6.03 Å². The Morgan fingerprint density at radius 2 is 1.72 bits per heavy atom. The molecule has 1 aromatic heterocycles. The molecule has 32 heavy (non-hydrogen) atoms. The van der Waals surface area contributed by atoms with Gasteiger partial charge in [0.1, 0.15) is 12.6 Å². The van der Waals surface area contributed by atoms with Crippen molar-refractivity contribution in [3.8, 4) is 5.69 Å². The summed E-state index contributed by atoms with van der Waals surface area (Å²) in [6.07, 6.45) is 3.94. The Morgan fingerprint density at radius 1 is 1.00 bits per heavy atom. The lowest BCUT2D eigenvalue weighted by atomic mass is 9.97. The zero-order valence-electron chi connectivity index (χ0n) is 18.5. The predicted molar refractivity (Wildman–Crippen MR) is 125 cm³/mol. The number of benzene rings is 2. The van der Waals surface area contributed by atoms with Crippen molar-refractivity contribution in [3.63, 3.8) is 0 Å². The van der Waals surface area contributed by atoms with E-state index >= 15 is 0 Å². The van der Waals surface area contributed by atoms with Crippen LogP contribution >= 0.6 is 0 Å². The van der Waals surface area contributed by atoms with Gasteiger partial charge in [-0.1, -0.05) is 42.0 Å². The molecule has 0 saturated heterocycles. The molecule has 1 unspecified atom stereocenters. The molecule has 0 radical (unpaired) electrons. The van der Waals surface area contributed by atoms with Crippen LogP contribution in [-0.2, 0) is 4.79 Å². The lowest BCUT2D eigenvalue weighted by Crippen LogP contribution is -2.49. The molecule has 1 aliphatic heterocycles. The molecule has 164 valence electrons. The molecular weight excluding hydrogens is 400 g/mol. The van der Waals surface area contributed by atoms with E-state index in [4.69, 9.17) is 0 Å². The Morgan fingerprint density at radius 3 is 2.41 bits per heavy atom. The number of urea groups is 1. The van der Waals surface area contributed by atoms with Gasteiger partial charge in [0.2, 0.25) is 5.91 Å². The number of para-hydroxylation sites is 2. The first-order valence-electron chi connectivity index (χ1n) is 11.3. The first kappa shape index (κ1) is 20.4. The lowest BCUT2D eigenvalue weighted by molar-refractivity contribution is -0.119. The topological polar surface area (TPSA) is 57.6 Å². The second-order valence-electron chi connectivity index (χ2n) is 8.56. The van der Waals surface area contributed by atoms with Gasteiger partial charge in [-0.3, -0.25) is 9.69 Å². The molecular formula is C26H28N4O2. The molecule has 1 saturated carbocycles. The van der Waals surface area contributed by atoms with E-state index in [2.05, 4.69) is 47.1 Å². The van der Waals surface area contributed by atoms with Crippen molar-refractivity contribution in [2.75, 3.05) is 18.0 Å². The monoisotopic (exact) mass is 428 g/mol. The Bertz CT molecular complexity index is 1150. The molecule has 6 heteroatoms. The van der Waals surface area contributed by atoms with Gasteiger partial charge in [0, 0.05) is 18.8 Å². The first-order chi connectivity index (χ1) is 15.6. The number of aromatic nitrogens is 1. The molecule has 3 amide bonds. The number of hydrogen-bond acceptors (Lipinski definition) is 2. The third kappa shape index (κ3) is 3.55. The molecule has 2 heterocycles. The summed E-state index contributed by atoms with van der Waals surface area (Å²) >= 11 is 0. The summed E-state index contributed by atoms with van der Waals surface area (Å²) in [5.74, 6) is -0.0753. The van der Waals surface area contributed by atoms with E-state index in [0.29, 0.717) is 6.54 Å². The fraction of sp³-hybridized carbons (Fsp3) is 0.308. The van der Waals surface area contributed by atoms with E-state index in [1.807, 2.05) is 48.4 Å². The molecule has 1 N–H and O–H groups in total. The van der Waals surface area contributed by atoms with E-state index in [9.17, 15) is 9.59 Å². The van der Waals surface area contributed by atoms with Crippen LogP contribution in [0.3, 0.4) is 0 Å². The van der Waals surface area contributed by atoms with Crippen molar-refractivity contribution in [3.05, 3.63) is 83.7 Å². The van der Waals surface area contributed by atoms with Crippen molar-refractivity contribution < 1.29 is 9.59 Å². The molecule has 1 fully saturated rings. The van der Waals surface area contributed by atoms with Gasteiger partial charge in [-0.05, 0) is 56.5 Å². The summed E-state index contributed by atoms with van der Waals surface area (Å²) in [4.78, 5) is 30.1. The molecule has 6 nitrogen and oxygen atoms in total. The minimum absolute atomic E-state index is 0.0634. The third-order valence-corrected chi connectivity index (χ3v) is 6.26. The van der Waals surface area contributed by atoms with Crippen molar-refractivity contribution in [2.24, 2.45) is 0 Å². The summed E-state index contributed by atoms with van der Waals surface area (Å²) in [6.45, 7) is 4.56. The molecule has 1 atom stereocenters. The molecule has 3 aromatic rings. The maximum atomic E-state index is 13.9. The number of hydrogen-bond donors (Lipinski definition) is 1. The third-order valence-electron chi connectivity index (χ3n) is 6.26. The largest absolute Gasteiger partial charge is 0.338 e. The second kappa shape index (κ2) is 8.19. The summed E-state index contributed by atoms with van der Waals surface area (Å²) in [5, 5.41) is 2.87. The van der Waals surface area contributed by atoms with E-state index in [0.717, 1.165) is 35.5 Å². The quantitative estimate of drug-likeness (QED) is 0.654. The second-order valence-corrected chi connectivity index (χ2v) is 8.56. The lowest BCUT2D eigenvalue weighted by Gasteiger charge is -2.39. The van der Waals surface area contributed by atoms with Gasteiger partial charge < -0.3 is 14.8 Å². The van der Waals surface area contributed by atoms with Crippen molar-refractivity contribution in [1.82, 2.24) is 14.8 Å². The highest BCUT2D eigenvalue weighted by Crippen LogP contribution is 2.42. The van der Waals surface area contributed by atoms with Gasteiger partial charge in [0.25, 0.3) is 0 Å². The minimum Gasteiger partial charge on any atom is -0.338 e. The average Bonchev–Trinajstić information content (AvgIpc) is 3.52. The molecule has 0 bridgehead atoms. The van der Waals surface area contributed by atoms with E-state index < -0.39 is 0 Å². The van der Waals surface area contributed by atoms with Crippen LogP contribution in [0.5, 0.6) is 0 Å². The number of fused-ring (bicyclic) bond motifs is 3. The number of amides is 3. The standard InChI is InChI=1S/C26H28N4O2/c1-3-27-26(32)29(20-14-15-20)17-24(31)30-22-8-5-4-7-21(22)28-16-6-9-23(28)25(30)19-12-10-18(2)11-13-19/h4-13,16,20,25H,3,14-15,17H2,1-2H3,(H,27,32). The number of nitrogens with zero attached hydrogens (tertiary/aromatic N) is 3. The highest BCUT2D eigenvalue weighted by Gasteiger charge is 2.39. The Hall–Kier alpha value is -3.54. The van der Waals surface area contributed by atoms with Crippen LogP contribution in [-0.4, -0.2) is 40.5 Å². The smallest absolute Gasteiger partial charge is 0.318 e. The fourth-order valence-corrected chi connectivity index (χ4v) is 4.55. The Balaban J connectivity index is 1.58. The molecule has 2 aromatic carbocycles. The zero-order valence-corrected chi connectivity index (χ0v) is 18.5. The number of anilines is 1. The Labute approximate surface area is 188 Å². The van der Waals surface area contributed by atoms with Crippen LogP contribution in [0.1, 0.15) is 42.6 Å². The van der Waals surface area contributed by atoms with E-state index in [1.165, 1.54) is 5.56 Å². The summed E-state index contributed by atoms with van der Waals surface area (Å²) in [5.41, 5.74) is 5.10. The average molecular weight is 429 g/mol. The number of aryl methyl sites for hydroxylation is 1. The van der Waals surface area contributed by atoms with Gasteiger partial charge in [0.05, 0.1) is 17.1 Å².